The number of amides is 2. The fraction of sp³-hybridized carbons (Fsp3) is 0.130. The van der Waals surface area contributed by atoms with Crippen LogP contribution < -0.4 is 19.7 Å². The molecule has 0 atom stereocenters. The SMILES string of the molecule is O=C1COc2ccc([N+](=O)[O-])cc2N1.O=C1COc2ccc([N+](=O)[O-])cc2N1Cc1ccc(Cl)cc1. The molecule has 0 aromatic heterocycles. The molecule has 0 saturated heterocycles. The van der Waals surface area contributed by atoms with Crippen LogP contribution in [0.3, 0.4) is 0 Å². The van der Waals surface area contributed by atoms with Crippen molar-refractivity contribution in [1.82, 2.24) is 0 Å². The molecule has 12 nitrogen and oxygen atoms in total. The van der Waals surface area contributed by atoms with Crippen LogP contribution in [0.4, 0.5) is 22.7 Å². The number of non-ortho nitro benzene ring substituents is 2. The first-order chi connectivity index (χ1) is 17.2. The van der Waals surface area contributed by atoms with Gasteiger partial charge in [0.25, 0.3) is 23.2 Å². The zero-order chi connectivity index (χ0) is 25.8. The van der Waals surface area contributed by atoms with E-state index in [-0.39, 0.29) is 36.4 Å². The Morgan fingerprint density at radius 3 is 2.14 bits per heavy atom. The third kappa shape index (κ3) is 5.50. The summed E-state index contributed by atoms with van der Waals surface area (Å²) < 4.78 is 10.4. The van der Waals surface area contributed by atoms with E-state index in [2.05, 4.69) is 5.32 Å². The van der Waals surface area contributed by atoms with Crippen LogP contribution >= 0.6 is 11.6 Å². The molecule has 1 N–H and O–H groups in total. The molecule has 36 heavy (non-hydrogen) atoms. The maximum Gasteiger partial charge on any atom is 0.271 e. The summed E-state index contributed by atoms with van der Waals surface area (Å²) in [5, 5.41) is 24.4. The first kappa shape index (κ1) is 24.4. The molecule has 0 radical (unpaired) electrons. The van der Waals surface area contributed by atoms with E-state index in [1.54, 1.807) is 12.1 Å². The molecule has 0 unspecified atom stereocenters. The number of nitrogens with one attached hydrogen (secondary N) is 1. The van der Waals surface area contributed by atoms with Crippen LogP contribution in [0.5, 0.6) is 11.5 Å². The predicted molar refractivity (Wildman–Crippen MR) is 128 cm³/mol. The molecule has 3 aromatic carbocycles. The summed E-state index contributed by atoms with van der Waals surface area (Å²) in [7, 11) is 0. The number of fused-ring (bicyclic) bond motifs is 2. The van der Waals surface area contributed by atoms with Gasteiger partial charge in [0, 0.05) is 29.3 Å². The van der Waals surface area contributed by atoms with Crippen LogP contribution in [0.1, 0.15) is 5.56 Å². The average Bonchev–Trinajstić information content (AvgIpc) is 2.86. The molecule has 2 heterocycles. The van der Waals surface area contributed by atoms with Gasteiger partial charge in [-0.15, -0.1) is 0 Å². The van der Waals surface area contributed by atoms with E-state index in [1.807, 2.05) is 12.1 Å². The van der Waals surface area contributed by atoms with Crippen LogP contribution in [0.25, 0.3) is 0 Å². The molecule has 2 amide bonds. The second-order valence-electron chi connectivity index (χ2n) is 7.58. The Morgan fingerprint density at radius 2 is 1.47 bits per heavy atom. The van der Waals surface area contributed by atoms with E-state index in [4.69, 9.17) is 21.1 Å². The van der Waals surface area contributed by atoms with E-state index >= 15 is 0 Å². The Balaban J connectivity index is 0.000000187. The highest BCUT2D eigenvalue weighted by Gasteiger charge is 2.27. The summed E-state index contributed by atoms with van der Waals surface area (Å²) in [6.45, 7) is 0.163. The average molecular weight is 513 g/mol. The largest absolute Gasteiger partial charge is 0.482 e. The molecule has 0 aliphatic carbocycles. The first-order valence-electron chi connectivity index (χ1n) is 10.4. The zero-order valence-corrected chi connectivity index (χ0v) is 19.1. The van der Waals surface area contributed by atoms with Gasteiger partial charge in [-0.1, -0.05) is 23.7 Å². The molecule has 2 aliphatic heterocycles. The van der Waals surface area contributed by atoms with Crippen molar-refractivity contribution in [1.29, 1.82) is 0 Å². The predicted octanol–water partition coefficient (Wildman–Crippen LogP) is 4.10. The highest BCUT2D eigenvalue weighted by atomic mass is 35.5. The molecular formula is C23H17ClN4O8. The molecule has 5 rings (SSSR count). The Bertz CT molecular complexity index is 1360. The van der Waals surface area contributed by atoms with Crippen molar-refractivity contribution in [2.75, 3.05) is 23.4 Å². The number of hydrogen-bond acceptors (Lipinski definition) is 8. The van der Waals surface area contributed by atoms with E-state index < -0.39 is 9.85 Å². The van der Waals surface area contributed by atoms with Gasteiger partial charge >= 0.3 is 0 Å². The van der Waals surface area contributed by atoms with Crippen molar-refractivity contribution in [3.8, 4) is 11.5 Å². The molecule has 0 bridgehead atoms. The van der Waals surface area contributed by atoms with Gasteiger partial charge < -0.3 is 19.7 Å². The van der Waals surface area contributed by atoms with E-state index in [1.165, 1.54) is 41.3 Å². The summed E-state index contributed by atoms with van der Waals surface area (Å²) in [5.74, 6) is 0.357. The number of carbonyl (C=O) groups excluding carboxylic acids is 2. The number of hydrogen-bond donors (Lipinski definition) is 1. The molecule has 0 fully saturated rings. The van der Waals surface area contributed by atoms with Crippen molar-refractivity contribution in [3.05, 3.63) is 91.5 Å². The maximum absolute atomic E-state index is 12.1. The number of nitrogens with zero attached hydrogens (tertiary/aromatic N) is 3. The third-order valence-electron chi connectivity index (χ3n) is 5.16. The lowest BCUT2D eigenvalue weighted by atomic mass is 10.1. The van der Waals surface area contributed by atoms with Gasteiger partial charge in [-0.25, -0.2) is 0 Å². The number of nitro groups is 2. The molecule has 13 heteroatoms. The highest BCUT2D eigenvalue weighted by molar-refractivity contribution is 6.30. The number of halogens is 1. The van der Waals surface area contributed by atoms with Crippen LogP contribution in [0.2, 0.25) is 5.02 Å². The monoisotopic (exact) mass is 512 g/mol. The van der Waals surface area contributed by atoms with Gasteiger partial charge in [-0.05, 0) is 29.8 Å². The fourth-order valence-electron chi connectivity index (χ4n) is 3.43. The highest BCUT2D eigenvalue weighted by Crippen LogP contribution is 2.36. The minimum Gasteiger partial charge on any atom is -0.482 e. The second kappa shape index (κ2) is 10.3. The Hall–Kier alpha value is -4.71. The maximum atomic E-state index is 12.1. The lowest BCUT2D eigenvalue weighted by molar-refractivity contribution is -0.385. The fourth-order valence-corrected chi connectivity index (χ4v) is 3.56. The van der Waals surface area contributed by atoms with Crippen molar-refractivity contribution < 1.29 is 28.9 Å². The van der Waals surface area contributed by atoms with Crippen LogP contribution in [-0.2, 0) is 16.1 Å². The standard InChI is InChI=1S/C15H11ClN2O4.C8H6N2O4/c16-11-3-1-10(2-4-11)8-17-13-7-12(18(20)21)5-6-14(13)22-9-15(17)19;11-8-4-14-7-2-1-5(10(12)13)3-6(7)9-8/h1-7H,8-9H2;1-3H,4H2,(H,9,11). The van der Waals surface area contributed by atoms with Gasteiger partial charge in [0.1, 0.15) is 11.5 Å². The lowest BCUT2D eigenvalue weighted by Crippen LogP contribution is -2.38. The van der Waals surface area contributed by atoms with Crippen molar-refractivity contribution in [2.24, 2.45) is 0 Å². The van der Waals surface area contributed by atoms with Crippen LogP contribution in [0, 0.1) is 20.2 Å². The molecular weight excluding hydrogens is 496 g/mol. The second-order valence-corrected chi connectivity index (χ2v) is 8.02. The molecule has 3 aromatic rings. The quantitative estimate of drug-likeness (QED) is 0.404. The summed E-state index contributed by atoms with van der Waals surface area (Å²) >= 11 is 5.84. The number of benzene rings is 3. The van der Waals surface area contributed by atoms with Gasteiger partial charge in [-0.2, -0.15) is 0 Å². The topological polar surface area (TPSA) is 154 Å². The number of anilines is 2. The van der Waals surface area contributed by atoms with E-state index in [0.29, 0.717) is 34.4 Å². The Kier molecular flexibility index (Phi) is 6.97. The summed E-state index contributed by atoms with van der Waals surface area (Å²) in [4.78, 5) is 44.8. The number of nitro benzene ring substituents is 2. The van der Waals surface area contributed by atoms with Gasteiger partial charge in [-0.3, -0.25) is 29.8 Å². The number of carbonyl (C=O) groups is 2. The Labute approximate surface area is 208 Å². The van der Waals surface area contributed by atoms with Crippen LogP contribution in [-0.4, -0.2) is 34.9 Å². The van der Waals surface area contributed by atoms with Crippen molar-refractivity contribution in [3.63, 3.8) is 0 Å². The normalized spacial score (nSPS) is 13.6. The number of ether oxygens (including phenoxy) is 2. The summed E-state index contributed by atoms with van der Waals surface area (Å²) in [5.41, 5.74) is 1.46. The molecule has 2 aliphatic rings. The summed E-state index contributed by atoms with van der Waals surface area (Å²) in [6, 6.07) is 15.4. The molecule has 0 saturated carbocycles. The molecule has 184 valence electrons. The van der Waals surface area contributed by atoms with Crippen molar-refractivity contribution >= 4 is 46.2 Å². The lowest BCUT2D eigenvalue weighted by Gasteiger charge is -2.29. The van der Waals surface area contributed by atoms with Crippen LogP contribution in [0.15, 0.2) is 60.7 Å². The smallest absolute Gasteiger partial charge is 0.271 e. The zero-order valence-electron chi connectivity index (χ0n) is 18.4. The minimum absolute atomic E-state index is 0.0508. The molecule has 0 spiro atoms. The van der Waals surface area contributed by atoms with Gasteiger partial charge in [0.05, 0.1) is 27.8 Å². The number of rotatable bonds is 4. The van der Waals surface area contributed by atoms with Crippen molar-refractivity contribution in [2.45, 2.75) is 6.54 Å². The Morgan fingerprint density at radius 1 is 0.861 bits per heavy atom. The van der Waals surface area contributed by atoms with Gasteiger partial charge in [0.2, 0.25) is 0 Å². The summed E-state index contributed by atoms with van der Waals surface area (Å²) in [6.07, 6.45) is 0. The van der Waals surface area contributed by atoms with E-state index in [9.17, 15) is 29.8 Å². The van der Waals surface area contributed by atoms with E-state index in [0.717, 1.165) is 5.56 Å². The third-order valence-corrected chi connectivity index (χ3v) is 5.41. The first-order valence-corrected chi connectivity index (χ1v) is 10.8. The minimum atomic E-state index is -0.527. The van der Waals surface area contributed by atoms with Gasteiger partial charge in [0.15, 0.2) is 13.2 Å².